The number of nitrogens with one attached hydrogen (secondary N) is 1. The highest BCUT2D eigenvalue weighted by molar-refractivity contribution is 5.95. The number of hydrogen-bond acceptors (Lipinski definition) is 7. The molecule has 1 saturated heterocycles. The highest BCUT2D eigenvalue weighted by Crippen LogP contribution is 2.31. The van der Waals surface area contributed by atoms with Crippen LogP contribution in [-0.4, -0.2) is 70.0 Å². The molecule has 1 aromatic carbocycles. The summed E-state index contributed by atoms with van der Waals surface area (Å²) >= 11 is 0. The summed E-state index contributed by atoms with van der Waals surface area (Å²) in [5.41, 5.74) is 7.98. The van der Waals surface area contributed by atoms with Crippen molar-refractivity contribution in [1.82, 2.24) is 29.7 Å². The molecule has 0 atom stereocenters. The number of piperazine rings is 1. The molecule has 0 unspecified atom stereocenters. The first kappa shape index (κ1) is 22.0. The van der Waals surface area contributed by atoms with Crippen molar-refractivity contribution in [3.8, 4) is 22.4 Å². The third-order valence-corrected chi connectivity index (χ3v) is 6.51. The van der Waals surface area contributed by atoms with Crippen LogP contribution in [0.1, 0.15) is 11.1 Å². The van der Waals surface area contributed by atoms with E-state index in [2.05, 4.69) is 79.9 Å². The van der Waals surface area contributed by atoms with Crippen molar-refractivity contribution in [2.45, 2.75) is 6.92 Å². The smallest absolute Gasteiger partial charge is 0.128 e. The maximum Gasteiger partial charge on any atom is 0.128 e. The summed E-state index contributed by atoms with van der Waals surface area (Å²) in [6, 6.07) is 10.5. The first-order valence-corrected chi connectivity index (χ1v) is 11.5. The van der Waals surface area contributed by atoms with Gasteiger partial charge in [-0.2, -0.15) is 0 Å². The molecule has 5 rings (SSSR count). The van der Waals surface area contributed by atoms with Crippen LogP contribution in [0.5, 0.6) is 0 Å². The zero-order valence-corrected chi connectivity index (χ0v) is 19.9. The summed E-state index contributed by atoms with van der Waals surface area (Å²) in [6.07, 6.45) is 7.26. The molecule has 1 aliphatic heterocycles. The van der Waals surface area contributed by atoms with E-state index in [1.165, 1.54) is 0 Å². The number of rotatable bonds is 5. The van der Waals surface area contributed by atoms with Gasteiger partial charge < -0.3 is 15.1 Å². The summed E-state index contributed by atoms with van der Waals surface area (Å²) in [6.45, 7) is 10.4. The molecule has 7 nitrogen and oxygen atoms in total. The van der Waals surface area contributed by atoms with Crippen LogP contribution in [0.25, 0.3) is 39.0 Å². The Hall–Kier alpha value is -3.84. The standard InChI is InChI=1S/C27H29N7/c1-18-11-22(16-30-27(18)28-3)20-5-6-25-24(13-20)26(32-17-31-25)23-12-21(14-29-15-23)19(2)34-9-7-33(4)8-10-34/h5-6,11-17H,2,7-10H2,1,3-4H3,(H,28,30). The summed E-state index contributed by atoms with van der Waals surface area (Å²) < 4.78 is 0. The number of hydrogen-bond donors (Lipinski definition) is 1. The number of nitrogens with zero attached hydrogens (tertiary/aromatic N) is 6. The number of likely N-dealkylation sites (N-methyl/N-ethyl adjacent to an activating group) is 1. The molecule has 0 aliphatic carbocycles. The first-order valence-electron chi connectivity index (χ1n) is 11.5. The normalized spacial score (nSPS) is 14.4. The molecule has 1 aliphatic rings. The molecule has 3 aromatic heterocycles. The van der Waals surface area contributed by atoms with Gasteiger partial charge in [-0.1, -0.05) is 12.6 Å². The van der Waals surface area contributed by atoms with Crippen LogP contribution < -0.4 is 5.32 Å². The zero-order valence-electron chi connectivity index (χ0n) is 19.9. The van der Waals surface area contributed by atoms with Crippen LogP contribution in [0, 0.1) is 6.92 Å². The van der Waals surface area contributed by atoms with Crippen LogP contribution in [0.15, 0.2) is 61.8 Å². The van der Waals surface area contributed by atoms with E-state index in [9.17, 15) is 0 Å². The molecule has 0 spiro atoms. The Labute approximate surface area is 200 Å². The van der Waals surface area contributed by atoms with E-state index in [-0.39, 0.29) is 0 Å². The van der Waals surface area contributed by atoms with Gasteiger partial charge in [0.1, 0.15) is 12.1 Å². The summed E-state index contributed by atoms with van der Waals surface area (Å²) in [7, 11) is 4.04. The van der Waals surface area contributed by atoms with E-state index in [1.807, 2.05) is 31.7 Å². The van der Waals surface area contributed by atoms with Gasteiger partial charge in [0.25, 0.3) is 0 Å². The number of anilines is 1. The Morgan fingerprint density at radius 2 is 1.74 bits per heavy atom. The largest absolute Gasteiger partial charge is 0.373 e. The third-order valence-electron chi connectivity index (χ3n) is 6.51. The first-order chi connectivity index (χ1) is 16.5. The molecule has 4 heterocycles. The Morgan fingerprint density at radius 1 is 0.912 bits per heavy atom. The summed E-state index contributed by atoms with van der Waals surface area (Å²) in [4.78, 5) is 22.9. The van der Waals surface area contributed by atoms with E-state index in [1.54, 1.807) is 6.33 Å². The van der Waals surface area contributed by atoms with E-state index < -0.39 is 0 Å². The maximum absolute atomic E-state index is 4.65. The number of aryl methyl sites for hydroxylation is 1. The zero-order chi connectivity index (χ0) is 23.7. The highest BCUT2D eigenvalue weighted by atomic mass is 15.2. The Morgan fingerprint density at radius 3 is 2.50 bits per heavy atom. The molecule has 1 N–H and O–H groups in total. The van der Waals surface area contributed by atoms with Gasteiger partial charge in [0, 0.05) is 79.6 Å². The van der Waals surface area contributed by atoms with Crippen LogP contribution in [0.4, 0.5) is 5.82 Å². The van der Waals surface area contributed by atoms with Crippen LogP contribution in [0.2, 0.25) is 0 Å². The van der Waals surface area contributed by atoms with Gasteiger partial charge in [-0.3, -0.25) is 4.98 Å². The Balaban J connectivity index is 1.53. The molecule has 0 saturated carbocycles. The SMILES string of the molecule is C=C(c1cncc(-c2ncnc3ccc(-c4cnc(NC)c(C)c4)cc23)c1)N1CCN(C)CC1. The van der Waals surface area contributed by atoms with Gasteiger partial charge in [0.15, 0.2) is 0 Å². The minimum Gasteiger partial charge on any atom is -0.373 e. The van der Waals surface area contributed by atoms with Crippen molar-refractivity contribution in [2.75, 3.05) is 45.6 Å². The molecule has 4 aromatic rings. The van der Waals surface area contributed by atoms with Crippen LogP contribution >= 0.6 is 0 Å². The minimum absolute atomic E-state index is 0.865. The lowest BCUT2D eigenvalue weighted by molar-refractivity contribution is 0.207. The predicted molar refractivity (Wildman–Crippen MR) is 138 cm³/mol. The second-order valence-corrected chi connectivity index (χ2v) is 8.79. The Kier molecular flexibility index (Phi) is 5.94. The fourth-order valence-corrected chi connectivity index (χ4v) is 4.45. The average Bonchev–Trinajstić information content (AvgIpc) is 2.88. The number of pyridine rings is 2. The van der Waals surface area contributed by atoms with Crippen molar-refractivity contribution >= 4 is 22.4 Å². The molecule has 1 fully saturated rings. The van der Waals surface area contributed by atoms with Crippen LogP contribution in [-0.2, 0) is 0 Å². The van der Waals surface area contributed by atoms with Crippen molar-refractivity contribution in [3.05, 3.63) is 73.0 Å². The van der Waals surface area contributed by atoms with Gasteiger partial charge in [0.2, 0.25) is 0 Å². The quantitative estimate of drug-likeness (QED) is 0.484. The van der Waals surface area contributed by atoms with Gasteiger partial charge in [-0.05, 0) is 49.4 Å². The molecule has 7 heteroatoms. The third kappa shape index (κ3) is 4.22. The number of fused-ring (bicyclic) bond motifs is 1. The Bertz CT molecular complexity index is 1360. The highest BCUT2D eigenvalue weighted by Gasteiger charge is 2.17. The van der Waals surface area contributed by atoms with Crippen molar-refractivity contribution in [2.24, 2.45) is 0 Å². The van der Waals surface area contributed by atoms with Gasteiger partial charge in [-0.15, -0.1) is 0 Å². The molecule has 172 valence electrons. The van der Waals surface area contributed by atoms with Gasteiger partial charge in [-0.25, -0.2) is 15.0 Å². The summed E-state index contributed by atoms with van der Waals surface area (Å²) in [5.74, 6) is 0.886. The van der Waals surface area contributed by atoms with Gasteiger partial charge in [0.05, 0.1) is 11.2 Å². The summed E-state index contributed by atoms with van der Waals surface area (Å²) in [5, 5.41) is 4.11. The fourth-order valence-electron chi connectivity index (χ4n) is 4.45. The van der Waals surface area contributed by atoms with Crippen molar-refractivity contribution in [1.29, 1.82) is 0 Å². The van der Waals surface area contributed by atoms with Crippen LogP contribution in [0.3, 0.4) is 0 Å². The molecular weight excluding hydrogens is 422 g/mol. The number of aromatic nitrogens is 4. The topological polar surface area (TPSA) is 70.1 Å². The predicted octanol–water partition coefficient (Wildman–Crippen LogP) is 4.32. The lowest BCUT2D eigenvalue weighted by Gasteiger charge is -2.35. The molecule has 0 bridgehead atoms. The lowest BCUT2D eigenvalue weighted by atomic mass is 10.00. The second-order valence-electron chi connectivity index (χ2n) is 8.79. The van der Waals surface area contributed by atoms with Gasteiger partial charge >= 0.3 is 0 Å². The van der Waals surface area contributed by atoms with E-state index in [0.717, 1.165) is 82.1 Å². The molecule has 0 amide bonds. The average molecular weight is 452 g/mol. The van der Waals surface area contributed by atoms with E-state index in [0.29, 0.717) is 0 Å². The number of benzene rings is 1. The van der Waals surface area contributed by atoms with Crippen molar-refractivity contribution < 1.29 is 0 Å². The van der Waals surface area contributed by atoms with E-state index in [4.69, 9.17) is 0 Å². The lowest BCUT2D eigenvalue weighted by Crippen LogP contribution is -2.43. The molecule has 34 heavy (non-hydrogen) atoms. The molecular formula is C27H29N7. The fraction of sp³-hybridized carbons (Fsp3) is 0.259. The van der Waals surface area contributed by atoms with Crippen molar-refractivity contribution in [3.63, 3.8) is 0 Å². The second kappa shape index (κ2) is 9.19. The van der Waals surface area contributed by atoms with E-state index >= 15 is 0 Å². The minimum atomic E-state index is 0.865. The monoisotopic (exact) mass is 451 g/mol. The maximum atomic E-state index is 4.65. The molecule has 0 radical (unpaired) electrons.